The summed E-state index contributed by atoms with van der Waals surface area (Å²) in [6.45, 7) is 4.35. The summed E-state index contributed by atoms with van der Waals surface area (Å²) in [5, 5.41) is 1.09. The molecule has 2 aromatic carbocycles. The maximum Gasteiger partial charge on any atom is 0.266 e. The lowest BCUT2D eigenvalue weighted by molar-refractivity contribution is -0.125. The van der Waals surface area contributed by atoms with Crippen LogP contribution in [0.2, 0.25) is 0 Å². The summed E-state index contributed by atoms with van der Waals surface area (Å²) in [7, 11) is 3.44. The van der Waals surface area contributed by atoms with Crippen LogP contribution in [0.4, 0.5) is 0 Å². The standard InChI is InChI=1S/C22H25N3O2S/c1-5-15(2)16-10-12-17(13-11-16)25-21(27)18-8-6-7-9-19(18)23-22(25)28-14-20(26)24(3)4/h6-13,15H,5,14H2,1-4H3/t15-/m1/s1. The van der Waals surface area contributed by atoms with Crippen LogP contribution in [-0.2, 0) is 4.79 Å². The Morgan fingerprint density at radius 1 is 1.14 bits per heavy atom. The van der Waals surface area contributed by atoms with Gasteiger partial charge in [-0.1, -0.05) is 49.9 Å². The van der Waals surface area contributed by atoms with E-state index in [1.165, 1.54) is 22.2 Å². The molecular formula is C22H25N3O2S. The summed E-state index contributed by atoms with van der Waals surface area (Å²) >= 11 is 1.28. The van der Waals surface area contributed by atoms with Gasteiger partial charge in [-0.2, -0.15) is 0 Å². The fourth-order valence-corrected chi connectivity index (χ4v) is 3.87. The number of para-hydroxylation sites is 1. The minimum absolute atomic E-state index is 0.0222. The van der Waals surface area contributed by atoms with E-state index in [-0.39, 0.29) is 17.2 Å². The Kier molecular flexibility index (Phi) is 6.19. The lowest BCUT2D eigenvalue weighted by atomic mass is 9.98. The van der Waals surface area contributed by atoms with Gasteiger partial charge in [0.2, 0.25) is 5.91 Å². The van der Waals surface area contributed by atoms with Crippen LogP contribution in [-0.4, -0.2) is 40.2 Å². The number of rotatable bonds is 6. The summed E-state index contributed by atoms with van der Waals surface area (Å²) < 4.78 is 1.61. The Bertz CT molecular complexity index is 1040. The maximum atomic E-state index is 13.2. The molecule has 3 rings (SSSR count). The molecule has 1 amide bonds. The molecule has 5 nitrogen and oxygen atoms in total. The van der Waals surface area contributed by atoms with E-state index in [1.807, 2.05) is 30.3 Å². The fourth-order valence-electron chi connectivity index (χ4n) is 2.88. The van der Waals surface area contributed by atoms with Gasteiger partial charge in [0.25, 0.3) is 5.56 Å². The highest BCUT2D eigenvalue weighted by molar-refractivity contribution is 7.99. The Balaban J connectivity index is 2.10. The van der Waals surface area contributed by atoms with Crippen molar-refractivity contribution in [3.8, 4) is 5.69 Å². The smallest absolute Gasteiger partial charge is 0.266 e. The SMILES string of the molecule is CC[C@@H](C)c1ccc(-n2c(SCC(=O)N(C)C)nc3ccccc3c2=O)cc1. The number of amides is 1. The molecule has 1 atom stereocenters. The van der Waals surface area contributed by atoms with Crippen LogP contribution >= 0.6 is 11.8 Å². The molecule has 0 N–H and O–H groups in total. The number of aromatic nitrogens is 2. The van der Waals surface area contributed by atoms with E-state index in [2.05, 4.69) is 31.0 Å². The minimum Gasteiger partial charge on any atom is -0.348 e. The first-order valence-electron chi connectivity index (χ1n) is 9.37. The highest BCUT2D eigenvalue weighted by atomic mass is 32.2. The fraction of sp³-hybridized carbons (Fsp3) is 0.318. The molecule has 1 aromatic heterocycles. The van der Waals surface area contributed by atoms with Gasteiger partial charge in [0.05, 0.1) is 22.3 Å². The summed E-state index contributed by atoms with van der Waals surface area (Å²) in [5.74, 6) is 0.668. The van der Waals surface area contributed by atoms with Gasteiger partial charge in [-0.15, -0.1) is 0 Å². The number of carbonyl (C=O) groups excluding carboxylic acids is 1. The minimum atomic E-state index is -0.123. The summed E-state index contributed by atoms with van der Waals surface area (Å²) in [5.41, 5.74) is 2.52. The molecule has 6 heteroatoms. The molecular weight excluding hydrogens is 370 g/mol. The second kappa shape index (κ2) is 8.61. The molecule has 3 aromatic rings. The first-order chi connectivity index (χ1) is 13.4. The highest BCUT2D eigenvalue weighted by Gasteiger charge is 2.15. The normalized spacial score (nSPS) is 12.1. The molecule has 146 valence electrons. The third-order valence-electron chi connectivity index (χ3n) is 4.90. The molecule has 0 bridgehead atoms. The van der Waals surface area contributed by atoms with Gasteiger partial charge < -0.3 is 4.90 Å². The molecule has 0 aliphatic rings. The maximum absolute atomic E-state index is 13.2. The van der Waals surface area contributed by atoms with Crippen molar-refractivity contribution in [2.75, 3.05) is 19.8 Å². The molecule has 0 aliphatic carbocycles. The molecule has 1 heterocycles. The predicted molar refractivity (Wildman–Crippen MR) is 115 cm³/mol. The van der Waals surface area contributed by atoms with Gasteiger partial charge in [-0.25, -0.2) is 4.98 Å². The van der Waals surface area contributed by atoms with E-state index in [0.29, 0.717) is 22.0 Å². The number of thioether (sulfide) groups is 1. The van der Waals surface area contributed by atoms with Crippen molar-refractivity contribution in [2.24, 2.45) is 0 Å². The largest absolute Gasteiger partial charge is 0.348 e. The number of hydrogen-bond acceptors (Lipinski definition) is 4. The molecule has 28 heavy (non-hydrogen) atoms. The quantitative estimate of drug-likeness (QED) is 0.466. The third kappa shape index (κ3) is 4.12. The van der Waals surface area contributed by atoms with Crippen molar-refractivity contribution in [2.45, 2.75) is 31.3 Å². The topological polar surface area (TPSA) is 55.2 Å². The van der Waals surface area contributed by atoms with Gasteiger partial charge in [0.1, 0.15) is 0 Å². The van der Waals surface area contributed by atoms with Crippen molar-refractivity contribution in [1.82, 2.24) is 14.5 Å². The molecule has 0 radical (unpaired) electrons. The average molecular weight is 396 g/mol. The van der Waals surface area contributed by atoms with E-state index < -0.39 is 0 Å². The Morgan fingerprint density at radius 2 is 1.82 bits per heavy atom. The Labute approximate surface area is 169 Å². The second-order valence-electron chi connectivity index (χ2n) is 7.03. The number of fused-ring (bicyclic) bond motifs is 1. The van der Waals surface area contributed by atoms with Crippen LogP contribution in [0.1, 0.15) is 31.7 Å². The van der Waals surface area contributed by atoms with E-state index in [1.54, 1.807) is 24.7 Å². The molecule has 0 unspecified atom stereocenters. The van der Waals surface area contributed by atoms with Crippen LogP contribution in [0.3, 0.4) is 0 Å². The molecule has 0 fully saturated rings. The number of carbonyl (C=O) groups is 1. The van der Waals surface area contributed by atoms with Gasteiger partial charge in [-0.3, -0.25) is 14.2 Å². The Hall–Kier alpha value is -2.60. The highest BCUT2D eigenvalue weighted by Crippen LogP contribution is 2.24. The van der Waals surface area contributed by atoms with E-state index in [9.17, 15) is 9.59 Å². The van der Waals surface area contributed by atoms with Gasteiger partial charge >= 0.3 is 0 Å². The lowest BCUT2D eigenvalue weighted by Gasteiger charge is -2.15. The van der Waals surface area contributed by atoms with Crippen LogP contribution in [0.25, 0.3) is 16.6 Å². The second-order valence-corrected chi connectivity index (χ2v) is 7.97. The predicted octanol–water partition coefficient (Wildman–Crippen LogP) is 4.08. The average Bonchev–Trinajstić information content (AvgIpc) is 2.71. The molecule has 0 spiro atoms. The van der Waals surface area contributed by atoms with Crippen molar-refractivity contribution in [3.05, 3.63) is 64.4 Å². The summed E-state index contributed by atoms with van der Waals surface area (Å²) in [6.07, 6.45) is 1.06. The van der Waals surface area contributed by atoms with E-state index in [4.69, 9.17) is 0 Å². The summed E-state index contributed by atoms with van der Waals surface area (Å²) in [6, 6.07) is 15.3. The van der Waals surface area contributed by atoms with Crippen LogP contribution in [0.15, 0.2) is 58.5 Å². The van der Waals surface area contributed by atoms with E-state index >= 15 is 0 Å². The number of benzene rings is 2. The van der Waals surface area contributed by atoms with Crippen molar-refractivity contribution >= 4 is 28.6 Å². The molecule has 0 aliphatic heterocycles. The molecule has 0 saturated heterocycles. The summed E-state index contributed by atoms with van der Waals surface area (Å²) in [4.78, 5) is 31.5. The van der Waals surface area contributed by atoms with Crippen LogP contribution in [0, 0.1) is 0 Å². The zero-order valence-electron chi connectivity index (χ0n) is 16.7. The van der Waals surface area contributed by atoms with Gasteiger partial charge in [0, 0.05) is 14.1 Å². The van der Waals surface area contributed by atoms with Gasteiger partial charge in [0.15, 0.2) is 5.16 Å². The number of nitrogens with zero attached hydrogens (tertiary/aromatic N) is 3. The molecule has 0 saturated carbocycles. The number of hydrogen-bond donors (Lipinski definition) is 0. The van der Waals surface area contributed by atoms with Crippen LogP contribution < -0.4 is 5.56 Å². The Morgan fingerprint density at radius 3 is 2.46 bits per heavy atom. The van der Waals surface area contributed by atoms with Gasteiger partial charge in [-0.05, 0) is 42.2 Å². The monoisotopic (exact) mass is 395 g/mol. The zero-order valence-corrected chi connectivity index (χ0v) is 17.5. The third-order valence-corrected chi connectivity index (χ3v) is 5.82. The van der Waals surface area contributed by atoms with Crippen molar-refractivity contribution in [1.29, 1.82) is 0 Å². The lowest BCUT2D eigenvalue weighted by Crippen LogP contribution is -2.25. The zero-order chi connectivity index (χ0) is 20.3. The van der Waals surface area contributed by atoms with E-state index in [0.717, 1.165) is 12.1 Å². The van der Waals surface area contributed by atoms with Crippen LogP contribution in [0.5, 0.6) is 0 Å². The first kappa shape index (κ1) is 20.1. The van der Waals surface area contributed by atoms with Crippen molar-refractivity contribution in [3.63, 3.8) is 0 Å². The van der Waals surface area contributed by atoms with Crippen molar-refractivity contribution < 1.29 is 4.79 Å². The first-order valence-corrected chi connectivity index (χ1v) is 10.4.